The minimum absolute atomic E-state index is 0.0830. The maximum absolute atomic E-state index is 11.9. The fraction of sp³-hybridized carbons (Fsp3) is 0.357. The Balaban J connectivity index is 2.88. The molecule has 0 unspecified atom stereocenters. The summed E-state index contributed by atoms with van der Waals surface area (Å²) in [6, 6.07) is 7.59. The van der Waals surface area contributed by atoms with E-state index < -0.39 is 0 Å². The van der Waals surface area contributed by atoms with Crippen LogP contribution in [-0.2, 0) is 0 Å². The van der Waals surface area contributed by atoms with Crippen molar-refractivity contribution >= 4 is 11.5 Å². The number of ketones is 1. The molecular weight excluding hydrogens is 198 g/mol. The van der Waals surface area contributed by atoms with Crippen molar-refractivity contribution in [1.82, 2.24) is 0 Å². The molecule has 0 spiro atoms. The summed E-state index contributed by atoms with van der Waals surface area (Å²) in [5.41, 5.74) is 1.81. The minimum atomic E-state index is -0.227. The molecule has 0 bridgehead atoms. The van der Waals surface area contributed by atoms with Gasteiger partial charge in [0.25, 0.3) is 0 Å². The van der Waals surface area contributed by atoms with Gasteiger partial charge in [0, 0.05) is 25.3 Å². The molecule has 84 valence electrons. The quantitative estimate of drug-likeness (QED) is 0.570. The fourth-order valence-corrected chi connectivity index (χ4v) is 1.46. The van der Waals surface area contributed by atoms with Crippen LogP contribution in [0.1, 0.15) is 24.2 Å². The second-order valence-corrected chi connectivity index (χ2v) is 3.92. The summed E-state index contributed by atoms with van der Waals surface area (Å²) in [4.78, 5) is 13.9. The molecule has 2 nitrogen and oxygen atoms in total. The number of carbonyl (C=O) groups is 1. The third-order valence-corrected chi connectivity index (χ3v) is 2.42. The molecule has 0 radical (unpaired) electrons. The fourth-order valence-electron chi connectivity index (χ4n) is 1.46. The predicted octanol–water partition coefficient (Wildman–Crippen LogP) is 2.59. The van der Waals surface area contributed by atoms with Crippen LogP contribution in [-0.4, -0.2) is 19.9 Å². The number of hydrogen-bond donors (Lipinski definition) is 0. The maximum atomic E-state index is 11.9. The van der Waals surface area contributed by atoms with E-state index in [4.69, 9.17) is 0 Å². The van der Waals surface area contributed by atoms with Crippen LogP contribution in [0.25, 0.3) is 0 Å². The largest absolute Gasteiger partial charge is 0.378 e. The Morgan fingerprint density at radius 3 is 2.25 bits per heavy atom. The molecule has 0 aliphatic rings. The summed E-state index contributed by atoms with van der Waals surface area (Å²) in [6.45, 7) is 3.58. The average molecular weight is 215 g/mol. The van der Waals surface area contributed by atoms with Crippen molar-refractivity contribution in [1.29, 1.82) is 0 Å². The zero-order valence-corrected chi connectivity index (χ0v) is 10.2. The first-order chi connectivity index (χ1) is 7.56. The van der Waals surface area contributed by atoms with E-state index >= 15 is 0 Å². The van der Waals surface area contributed by atoms with Gasteiger partial charge >= 0.3 is 0 Å². The van der Waals surface area contributed by atoms with E-state index in [0.29, 0.717) is 0 Å². The van der Waals surface area contributed by atoms with Crippen LogP contribution < -0.4 is 4.90 Å². The summed E-state index contributed by atoms with van der Waals surface area (Å²) < 4.78 is 0. The minimum Gasteiger partial charge on any atom is -0.378 e. The summed E-state index contributed by atoms with van der Waals surface area (Å²) >= 11 is 0. The normalized spacial score (nSPS) is 11.2. The van der Waals surface area contributed by atoms with E-state index in [2.05, 4.69) is 11.8 Å². The highest BCUT2D eigenvalue weighted by Gasteiger charge is 2.12. The molecule has 0 saturated heterocycles. The van der Waals surface area contributed by atoms with Crippen LogP contribution >= 0.6 is 0 Å². The third kappa shape index (κ3) is 2.87. The Hall–Kier alpha value is -1.75. The number of rotatable bonds is 3. The van der Waals surface area contributed by atoms with Crippen molar-refractivity contribution in [2.45, 2.75) is 13.8 Å². The lowest BCUT2D eigenvalue weighted by atomic mass is 9.99. The van der Waals surface area contributed by atoms with Gasteiger partial charge in [0.1, 0.15) is 0 Å². The van der Waals surface area contributed by atoms with E-state index in [-0.39, 0.29) is 11.7 Å². The molecule has 1 atom stereocenters. The van der Waals surface area contributed by atoms with Crippen molar-refractivity contribution in [2.75, 3.05) is 19.0 Å². The SMILES string of the molecule is CC#C[C@@H](C)C(=O)c1ccc(N(C)C)cc1. The maximum Gasteiger partial charge on any atom is 0.177 e. The number of nitrogens with zero attached hydrogens (tertiary/aromatic N) is 1. The van der Waals surface area contributed by atoms with Gasteiger partial charge in [0.2, 0.25) is 0 Å². The standard InChI is InChI=1S/C14H17NO/c1-5-6-11(2)14(16)12-7-9-13(10-8-12)15(3)4/h7-11H,1-4H3/t11-/m1/s1. The molecule has 0 saturated carbocycles. The number of hydrogen-bond acceptors (Lipinski definition) is 2. The smallest absolute Gasteiger partial charge is 0.177 e. The lowest BCUT2D eigenvalue weighted by molar-refractivity contribution is 0.0957. The van der Waals surface area contributed by atoms with E-state index in [1.807, 2.05) is 50.2 Å². The molecule has 0 aromatic heterocycles. The average Bonchev–Trinajstić information content (AvgIpc) is 2.28. The van der Waals surface area contributed by atoms with E-state index in [1.165, 1.54) is 0 Å². The van der Waals surface area contributed by atoms with Gasteiger partial charge in [-0.05, 0) is 38.1 Å². The number of Topliss-reactive ketones (excluding diaryl/α,β-unsaturated/α-hetero) is 1. The van der Waals surface area contributed by atoms with Crippen molar-refractivity contribution in [3.63, 3.8) is 0 Å². The second kappa shape index (κ2) is 5.37. The zero-order valence-electron chi connectivity index (χ0n) is 10.2. The van der Waals surface area contributed by atoms with Crippen LogP contribution in [0.2, 0.25) is 0 Å². The first kappa shape index (κ1) is 12.3. The highest BCUT2D eigenvalue weighted by molar-refractivity contribution is 5.99. The molecule has 0 amide bonds. The molecule has 16 heavy (non-hydrogen) atoms. The van der Waals surface area contributed by atoms with Gasteiger partial charge in [-0.15, -0.1) is 5.92 Å². The van der Waals surface area contributed by atoms with E-state index in [9.17, 15) is 4.79 Å². The second-order valence-electron chi connectivity index (χ2n) is 3.92. The molecular formula is C14H17NO. The summed E-state index contributed by atoms with van der Waals surface area (Å²) in [6.07, 6.45) is 0. The van der Waals surface area contributed by atoms with Gasteiger partial charge < -0.3 is 4.90 Å². The highest BCUT2D eigenvalue weighted by atomic mass is 16.1. The van der Waals surface area contributed by atoms with E-state index in [1.54, 1.807) is 6.92 Å². The monoisotopic (exact) mass is 215 g/mol. The Bertz CT molecular complexity index is 420. The number of anilines is 1. The molecule has 1 aromatic rings. The molecule has 0 heterocycles. The van der Waals surface area contributed by atoms with Crippen molar-refractivity contribution in [3.8, 4) is 11.8 Å². The van der Waals surface area contributed by atoms with Gasteiger partial charge in [0.15, 0.2) is 5.78 Å². The van der Waals surface area contributed by atoms with Gasteiger partial charge in [-0.2, -0.15) is 0 Å². The van der Waals surface area contributed by atoms with Gasteiger partial charge in [-0.3, -0.25) is 4.79 Å². The van der Waals surface area contributed by atoms with Crippen LogP contribution in [0.3, 0.4) is 0 Å². The molecule has 1 rings (SSSR count). The van der Waals surface area contributed by atoms with Gasteiger partial charge in [-0.25, -0.2) is 0 Å². The number of carbonyl (C=O) groups excluding carboxylic acids is 1. The lowest BCUT2D eigenvalue weighted by Gasteiger charge is -2.12. The Morgan fingerprint density at radius 1 is 1.25 bits per heavy atom. The molecule has 0 aliphatic heterocycles. The van der Waals surface area contributed by atoms with Crippen molar-refractivity contribution in [2.24, 2.45) is 5.92 Å². The zero-order chi connectivity index (χ0) is 12.1. The lowest BCUT2D eigenvalue weighted by Crippen LogP contribution is -2.11. The highest BCUT2D eigenvalue weighted by Crippen LogP contribution is 2.14. The van der Waals surface area contributed by atoms with E-state index in [0.717, 1.165) is 11.3 Å². The molecule has 0 N–H and O–H groups in total. The van der Waals surface area contributed by atoms with Crippen molar-refractivity contribution < 1.29 is 4.79 Å². The third-order valence-electron chi connectivity index (χ3n) is 2.42. The Morgan fingerprint density at radius 2 is 1.81 bits per heavy atom. The Kier molecular flexibility index (Phi) is 4.13. The van der Waals surface area contributed by atoms with Crippen LogP contribution in [0, 0.1) is 17.8 Å². The van der Waals surface area contributed by atoms with Crippen LogP contribution in [0.5, 0.6) is 0 Å². The predicted molar refractivity (Wildman–Crippen MR) is 67.7 cm³/mol. The Labute approximate surface area is 97.3 Å². The van der Waals surface area contributed by atoms with Crippen molar-refractivity contribution in [3.05, 3.63) is 29.8 Å². The van der Waals surface area contributed by atoms with Gasteiger partial charge in [0.05, 0.1) is 5.92 Å². The van der Waals surface area contributed by atoms with Gasteiger partial charge in [-0.1, -0.05) is 5.92 Å². The first-order valence-electron chi connectivity index (χ1n) is 5.30. The molecule has 0 aliphatic carbocycles. The van der Waals surface area contributed by atoms with Crippen LogP contribution in [0.4, 0.5) is 5.69 Å². The first-order valence-corrected chi connectivity index (χ1v) is 5.30. The summed E-state index contributed by atoms with van der Waals surface area (Å²) in [7, 11) is 3.95. The molecule has 0 fully saturated rings. The van der Waals surface area contributed by atoms with Crippen LogP contribution in [0.15, 0.2) is 24.3 Å². The molecule has 2 heteroatoms. The summed E-state index contributed by atoms with van der Waals surface area (Å²) in [5, 5.41) is 0. The topological polar surface area (TPSA) is 20.3 Å². The number of benzene rings is 1. The summed E-state index contributed by atoms with van der Waals surface area (Å²) in [5.74, 6) is 5.50. The molecule has 1 aromatic carbocycles.